The summed E-state index contributed by atoms with van der Waals surface area (Å²) in [7, 11) is 3.18. The van der Waals surface area contributed by atoms with Gasteiger partial charge < -0.3 is 24.6 Å². The number of amides is 2. The van der Waals surface area contributed by atoms with E-state index in [1.54, 1.807) is 30.0 Å². The van der Waals surface area contributed by atoms with Crippen molar-refractivity contribution in [2.45, 2.75) is 58.9 Å². The normalized spacial score (nSPS) is 15.0. The molecule has 2 aliphatic heterocycles. The lowest BCUT2D eigenvalue weighted by Crippen LogP contribution is -2.31. The number of Topliss-reactive ketones (excluding diaryl/α,β-unsaturated/α-hetero) is 1. The number of anilines is 1. The Kier molecular flexibility index (Phi) is 7.99. The van der Waals surface area contributed by atoms with E-state index in [4.69, 9.17) is 14.9 Å². The first-order valence-corrected chi connectivity index (χ1v) is 13.4. The van der Waals surface area contributed by atoms with E-state index in [-0.39, 0.29) is 41.8 Å². The van der Waals surface area contributed by atoms with Gasteiger partial charge in [0.05, 0.1) is 32.4 Å². The molecule has 0 radical (unpaired) electrons. The maximum absolute atomic E-state index is 13.7. The molecule has 2 heterocycles. The second-order valence-corrected chi connectivity index (χ2v) is 11.0. The van der Waals surface area contributed by atoms with Crippen LogP contribution in [0.5, 0.6) is 11.5 Å². The number of rotatable bonds is 9. The van der Waals surface area contributed by atoms with Gasteiger partial charge in [-0.25, -0.2) is 0 Å². The van der Waals surface area contributed by atoms with Crippen molar-refractivity contribution in [2.24, 2.45) is 0 Å². The van der Waals surface area contributed by atoms with Crippen molar-refractivity contribution in [3.05, 3.63) is 52.1 Å². The molecule has 2 N–H and O–H groups in total. The number of hydrogen-bond donors (Lipinski definition) is 2. The molecular formula is C30H38N4O5. The molecule has 0 unspecified atom stereocenters. The Hall–Kier alpha value is -3.88. The average Bonchev–Trinajstić information content (AvgIpc) is 3.45. The van der Waals surface area contributed by atoms with Crippen molar-refractivity contribution in [3.63, 3.8) is 0 Å². The first kappa shape index (κ1) is 28.1. The summed E-state index contributed by atoms with van der Waals surface area (Å²) in [5.41, 5.74) is 3.91. The van der Waals surface area contributed by atoms with Gasteiger partial charge in [-0.1, -0.05) is 20.8 Å². The minimum Gasteiger partial charge on any atom is -0.494 e. The zero-order valence-corrected chi connectivity index (χ0v) is 23.7. The summed E-state index contributed by atoms with van der Waals surface area (Å²) in [5, 5.41) is 11.4. The molecule has 1 saturated heterocycles. The molecule has 208 valence electrons. The molecular weight excluding hydrogens is 496 g/mol. The molecule has 0 spiro atoms. The number of fused-ring (bicyclic) bond motifs is 1. The fourth-order valence-electron chi connectivity index (χ4n) is 5.21. The first-order valence-electron chi connectivity index (χ1n) is 13.4. The third kappa shape index (κ3) is 5.62. The molecule has 0 saturated carbocycles. The highest BCUT2D eigenvalue weighted by Gasteiger charge is 2.32. The molecule has 1 fully saturated rings. The fourth-order valence-corrected chi connectivity index (χ4v) is 5.21. The van der Waals surface area contributed by atoms with E-state index in [0.29, 0.717) is 60.0 Å². The zero-order chi connectivity index (χ0) is 28.5. The predicted octanol–water partition coefficient (Wildman–Crippen LogP) is 3.83. The average molecular weight is 535 g/mol. The van der Waals surface area contributed by atoms with Crippen molar-refractivity contribution in [3.8, 4) is 11.5 Å². The van der Waals surface area contributed by atoms with Crippen molar-refractivity contribution in [2.75, 3.05) is 38.8 Å². The van der Waals surface area contributed by atoms with Gasteiger partial charge in [-0.05, 0) is 48.6 Å². The highest BCUT2D eigenvalue weighted by Crippen LogP contribution is 2.41. The van der Waals surface area contributed by atoms with Crippen molar-refractivity contribution < 1.29 is 23.9 Å². The standard InChI is InChI=1S/C30H38N4O5/c1-7-39-25-14-20-16-33(29(31)21(20)11-19(25)15-26(36)32-5)17-24(35)18-12-22(30(2,3)4)28(38-6)23(13-18)34-10-8-9-27(34)37/h11-14,31H,7-10,15-17H2,1-6H3,(H,32,36). The Bertz CT molecular complexity index is 1330. The molecule has 0 atom stereocenters. The van der Waals surface area contributed by atoms with E-state index in [0.717, 1.165) is 17.5 Å². The van der Waals surface area contributed by atoms with Crippen LogP contribution in [0.15, 0.2) is 24.3 Å². The topological polar surface area (TPSA) is 112 Å². The maximum Gasteiger partial charge on any atom is 0.227 e. The predicted molar refractivity (Wildman–Crippen MR) is 150 cm³/mol. The summed E-state index contributed by atoms with van der Waals surface area (Å²) in [6, 6.07) is 7.30. The number of carbonyl (C=O) groups is 3. The van der Waals surface area contributed by atoms with Crippen LogP contribution in [-0.4, -0.2) is 62.2 Å². The van der Waals surface area contributed by atoms with Crippen LogP contribution in [0.2, 0.25) is 0 Å². The third-order valence-corrected chi connectivity index (χ3v) is 7.25. The lowest BCUT2D eigenvalue weighted by molar-refractivity contribution is -0.120. The highest BCUT2D eigenvalue weighted by molar-refractivity contribution is 6.07. The van der Waals surface area contributed by atoms with Crippen molar-refractivity contribution in [1.29, 1.82) is 5.41 Å². The van der Waals surface area contributed by atoms with Crippen LogP contribution in [-0.2, 0) is 28.0 Å². The van der Waals surface area contributed by atoms with Crippen LogP contribution in [0, 0.1) is 5.41 Å². The van der Waals surface area contributed by atoms with E-state index in [1.165, 1.54) is 0 Å². The van der Waals surface area contributed by atoms with Crippen molar-refractivity contribution >= 4 is 29.1 Å². The number of ether oxygens (including phenoxy) is 2. The van der Waals surface area contributed by atoms with Crippen LogP contribution in [0.1, 0.15) is 73.1 Å². The summed E-state index contributed by atoms with van der Waals surface area (Å²) in [5.74, 6) is 1.19. The molecule has 0 aromatic heterocycles. The molecule has 2 amide bonds. The van der Waals surface area contributed by atoms with E-state index in [9.17, 15) is 14.4 Å². The number of benzene rings is 2. The fraction of sp³-hybridized carbons (Fsp3) is 0.467. The number of hydrogen-bond acceptors (Lipinski definition) is 6. The minimum atomic E-state index is -0.327. The Morgan fingerprint density at radius 2 is 1.90 bits per heavy atom. The summed E-state index contributed by atoms with van der Waals surface area (Å²) < 4.78 is 11.6. The summed E-state index contributed by atoms with van der Waals surface area (Å²) >= 11 is 0. The number of nitrogens with one attached hydrogen (secondary N) is 2. The van der Waals surface area contributed by atoms with Crippen LogP contribution in [0.4, 0.5) is 5.69 Å². The number of nitrogens with zero attached hydrogens (tertiary/aromatic N) is 2. The number of ketones is 1. The molecule has 4 rings (SSSR count). The van der Waals surface area contributed by atoms with Gasteiger partial charge in [0.1, 0.15) is 17.3 Å². The number of amidine groups is 1. The van der Waals surface area contributed by atoms with Gasteiger partial charge in [-0.2, -0.15) is 0 Å². The Morgan fingerprint density at radius 3 is 2.49 bits per heavy atom. The van der Waals surface area contributed by atoms with Gasteiger partial charge >= 0.3 is 0 Å². The largest absolute Gasteiger partial charge is 0.494 e. The Morgan fingerprint density at radius 1 is 1.15 bits per heavy atom. The number of carbonyl (C=O) groups excluding carboxylic acids is 3. The molecule has 2 aliphatic rings. The molecule has 9 heteroatoms. The summed E-state index contributed by atoms with van der Waals surface area (Å²) in [4.78, 5) is 41.8. The summed E-state index contributed by atoms with van der Waals surface area (Å²) in [6.45, 7) is 9.47. The van der Waals surface area contributed by atoms with Gasteiger partial charge in [-0.15, -0.1) is 0 Å². The highest BCUT2D eigenvalue weighted by atomic mass is 16.5. The van der Waals surface area contributed by atoms with Gasteiger partial charge in [0.25, 0.3) is 0 Å². The Labute approximate surface area is 230 Å². The van der Waals surface area contributed by atoms with Crippen molar-refractivity contribution in [1.82, 2.24) is 10.2 Å². The number of likely N-dealkylation sites (N-methyl/N-ethyl adjacent to an activating group) is 1. The SMILES string of the molecule is CCOc1cc2c(cc1CC(=O)NC)C(=N)N(CC(=O)c1cc(N3CCCC3=O)c(OC)c(C(C)(C)C)c1)C2. The lowest BCUT2D eigenvalue weighted by atomic mass is 9.84. The zero-order valence-electron chi connectivity index (χ0n) is 23.7. The van der Waals surface area contributed by atoms with Gasteiger partial charge in [0, 0.05) is 48.8 Å². The maximum atomic E-state index is 13.7. The second kappa shape index (κ2) is 11.1. The molecule has 0 bridgehead atoms. The van der Waals surface area contributed by atoms with Gasteiger partial charge in [0.15, 0.2) is 5.78 Å². The molecule has 9 nitrogen and oxygen atoms in total. The lowest BCUT2D eigenvalue weighted by Gasteiger charge is -2.28. The molecule has 0 aliphatic carbocycles. The smallest absolute Gasteiger partial charge is 0.227 e. The number of methoxy groups -OCH3 is 1. The van der Waals surface area contributed by atoms with E-state index >= 15 is 0 Å². The van der Waals surface area contributed by atoms with Crippen LogP contribution >= 0.6 is 0 Å². The van der Waals surface area contributed by atoms with E-state index in [1.807, 2.05) is 45.9 Å². The van der Waals surface area contributed by atoms with Gasteiger partial charge in [0.2, 0.25) is 11.8 Å². The monoisotopic (exact) mass is 534 g/mol. The van der Waals surface area contributed by atoms with E-state index < -0.39 is 0 Å². The first-order chi connectivity index (χ1) is 18.5. The van der Waals surface area contributed by atoms with Crippen LogP contribution in [0.3, 0.4) is 0 Å². The molecule has 39 heavy (non-hydrogen) atoms. The van der Waals surface area contributed by atoms with Crippen LogP contribution in [0.25, 0.3) is 0 Å². The second-order valence-electron chi connectivity index (χ2n) is 11.0. The van der Waals surface area contributed by atoms with Gasteiger partial charge in [-0.3, -0.25) is 19.8 Å². The summed E-state index contributed by atoms with van der Waals surface area (Å²) in [6.07, 6.45) is 1.38. The minimum absolute atomic E-state index is 0.00552. The van der Waals surface area contributed by atoms with E-state index in [2.05, 4.69) is 5.32 Å². The molecule has 2 aromatic carbocycles. The molecule has 2 aromatic rings. The third-order valence-electron chi connectivity index (χ3n) is 7.25. The van der Waals surface area contributed by atoms with Crippen LogP contribution < -0.4 is 19.7 Å². The Balaban J connectivity index is 1.65. The quantitative estimate of drug-likeness (QED) is 0.473.